The van der Waals surface area contributed by atoms with Gasteiger partial charge in [0.15, 0.2) is 0 Å². The molecule has 7 heteroatoms. The lowest BCUT2D eigenvalue weighted by molar-refractivity contribution is -0.139. The number of carbonyl (C=O) groups excluding carboxylic acids is 2. The van der Waals surface area contributed by atoms with E-state index in [0.717, 1.165) is 10.0 Å². The van der Waals surface area contributed by atoms with Gasteiger partial charge in [-0.1, -0.05) is 41.9 Å². The largest absolute Gasteiger partial charge is 0.370 e. The van der Waals surface area contributed by atoms with Crippen LogP contribution in [0.5, 0.6) is 0 Å². The van der Waals surface area contributed by atoms with Gasteiger partial charge in [-0.2, -0.15) is 0 Å². The summed E-state index contributed by atoms with van der Waals surface area (Å²) in [5.74, 6) is -0.383. The molecule has 0 aliphatic carbocycles. The van der Waals surface area contributed by atoms with Crippen molar-refractivity contribution in [1.29, 1.82) is 0 Å². The van der Waals surface area contributed by atoms with Gasteiger partial charge in [-0.15, -0.1) is 0 Å². The lowest BCUT2D eigenvalue weighted by Crippen LogP contribution is -2.50. The smallest absolute Gasteiger partial charge is 0.242 e. The molecule has 2 amide bonds. The number of hydrogen-bond acceptors (Lipinski definition) is 4. The van der Waals surface area contributed by atoms with Crippen molar-refractivity contribution in [2.45, 2.75) is 26.0 Å². The summed E-state index contributed by atoms with van der Waals surface area (Å²) in [5, 5.41) is 2.62. The second kappa shape index (κ2) is 8.60. The summed E-state index contributed by atoms with van der Waals surface area (Å²) >= 11 is 3.40. The molecule has 1 aromatic carbocycles. The maximum atomic E-state index is 12.3. The maximum absolute atomic E-state index is 12.3. The van der Waals surface area contributed by atoms with Crippen LogP contribution in [0, 0.1) is 5.92 Å². The first kappa shape index (κ1) is 18.9. The van der Waals surface area contributed by atoms with Gasteiger partial charge in [-0.3, -0.25) is 9.59 Å². The number of nitrogens with two attached hydrogens (primary N) is 1. The number of amides is 2. The van der Waals surface area contributed by atoms with E-state index in [1.54, 1.807) is 4.90 Å². The highest BCUT2D eigenvalue weighted by Gasteiger charge is 2.26. The van der Waals surface area contributed by atoms with Gasteiger partial charge in [0, 0.05) is 11.0 Å². The predicted molar refractivity (Wildman–Crippen MR) is 95.2 cm³/mol. The third kappa shape index (κ3) is 5.03. The van der Waals surface area contributed by atoms with Gasteiger partial charge < -0.3 is 20.7 Å². The quantitative estimate of drug-likeness (QED) is 0.787. The van der Waals surface area contributed by atoms with Crippen LogP contribution >= 0.6 is 15.9 Å². The molecular formula is C17H24BrN3O3. The van der Waals surface area contributed by atoms with Crippen LogP contribution < -0.4 is 11.1 Å². The number of nitrogens with one attached hydrogen (secondary N) is 1. The van der Waals surface area contributed by atoms with Crippen LogP contribution in [0.4, 0.5) is 0 Å². The van der Waals surface area contributed by atoms with Crippen LogP contribution in [0.15, 0.2) is 28.7 Å². The minimum absolute atomic E-state index is 0.0327. The van der Waals surface area contributed by atoms with Crippen molar-refractivity contribution in [3.8, 4) is 0 Å². The monoisotopic (exact) mass is 397 g/mol. The van der Waals surface area contributed by atoms with Crippen LogP contribution in [-0.2, 0) is 14.3 Å². The van der Waals surface area contributed by atoms with Crippen LogP contribution in [0.1, 0.15) is 25.5 Å². The highest BCUT2D eigenvalue weighted by atomic mass is 79.9. The first-order chi connectivity index (χ1) is 11.4. The molecule has 0 spiro atoms. The molecule has 24 heavy (non-hydrogen) atoms. The molecule has 0 radical (unpaired) electrons. The Balaban J connectivity index is 1.88. The van der Waals surface area contributed by atoms with E-state index in [0.29, 0.717) is 19.7 Å². The molecule has 2 rings (SSSR count). The van der Waals surface area contributed by atoms with E-state index in [4.69, 9.17) is 10.5 Å². The van der Waals surface area contributed by atoms with Gasteiger partial charge in [0.25, 0.3) is 0 Å². The van der Waals surface area contributed by atoms with Crippen LogP contribution in [0.2, 0.25) is 0 Å². The molecule has 1 heterocycles. The zero-order valence-corrected chi connectivity index (χ0v) is 15.6. The zero-order valence-electron chi connectivity index (χ0n) is 14.0. The standard InChI is InChI=1S/C17H24BrN3O3/c1-11(2)16(19)17(23)20-9-15(22)21-7-8-24-14(10-21)12-3-5-13(18)6-4-12/h3-6,11,14,16H,7-10,19H2,1-2H3,(H,20,23)/t14?,16-/m0/s1. The summed E-state index contributed by atoms with van der Waals surface area (Å²) in [4.78, 5) is 25.9. The fourth-order valence-corrected chi connectivity index (χ4v) is 2.71. The van der Waals surface area contributed by atoms with Gasteiger partial charge in [0.05, 0.1) is 25.7 Å². The fraction of sp³-hybridized carbons (Fsp3) is 0.529. The van der Waals surface area contributed by atoms with Crippen molar-refractivity contribution in [1.82, 2.24) is 10.2 Å². The molecular weight excluding hydrogens is 374 g/mol. The van der Waals surface area contributed by atoms with Gasteiger partial charge in [-0.25, -0.2) is 0 Å². The van der Waals surface area contributed by atoms with E-state index in [-0.39, 0.29) is 30.4 Å². The van der Waals surface area contributed by atoms with Crippen molar-refractivity contribution in [3.63, 3.8) is 0 Å². The highest BCUT2D eigenvalue weighted by Crippen LogP contribution is 2.23. The van der Waals surface area contributed by atoms with Gasteiger partial charge in [-0.05, 0) is 23.6 Å². The Labute approximate surface area is 150 Å². The summed E-state index contributed by atoms with van der Waals surface area (Å²) in [5.41, 5.74) is 6.80. The molecule has 6 nitrogen and oxygen atoms in total. The summed E-state index contributed by atoms with van der Waals surface area (Å²) in [6, 6.07) is 7.26. The maximum Gasteiger partial charge on any atom is 0.242 e. The van der Waals surface area contributed by atoms with Crippen LogP contribution in [0.25, 0.3) is 0 Å². The van der Waals surface area contributed by atoms with Gasteiger partial charge >= 0.3 is 0 Å². The second-order valence-corrected chi connectivity index (χ2v) is 7.15. The molecule has 0 bridgehead atoms. The Bertz CT molecular complexity index is 577. The minimum atomic E-state index is -0.599. The third-order valence-corrected chi connectivity index (χ3v) is 4.62. The molecule has 1 saturated heterocycles. The number of benzene rings is 1. The van der Waals surface area contributed by atoms with Crippen molar-refractivity contribution in [2.75, 3.05) is 26.2 Å². The Morgan fingerprint density at radius 3 is 2.67 bits per heavy atom. The third-order valence-electron chi connectivity index (χ3n) is 4.10. The van der Waals surface area contributed by atoms with Crippen molar-refractivity contribution >= 4 is 27.7 Å². The SMILES string of the molecule is CC(C)[C@H](N)C(=O)NCC(=O)N1CCOC(c2ccc(Br)cc2)C1. The average molecular weight is 398 g/mol. The van der Waals surface area contributed by atoms with E-state index < -0.39 is 6.04 Å². The number of morpholine rings is 1. The van der Waals surface area contributed by atoms with E-state index in [1.807, 2.05) is 38.1 Å². The second-order valence-electron chi connectivity index (χ2n) is 6.24. The Hall–Kier alpha value is -1.44. The van der Waals surface area contributed by atoms with E-state index in [9.17, 15) is 9.59 Å². The Morgan fingerprint density at radius 1 is 1.38 bits per heavy atom. The molecule has 3 N–H and O–H groups in total. The van der Waals surface area contributed by atoms with E-state index >= 15 is 0 Å². The molecule has 1 aliphatic rings. The summed E-state index contributed by atoms with van der Waals surface area (Å²) in [6.07, 6.45) is -0.149. The number of carbonyl (C=O) groups is 2. The summed E-state index contributed by atoms with van der Waals surface area (Å²) in [7, 11) is 0. The molecule has 132 valence electrons. The lowest BCUT2D eigenvalue weighted by Gasteiger charge is -2.33. The Kier molecular flexibility index (Phi) is 6.77. The first-order valence-electron chi connectivity index (χ1n) is 8.06. The van der Waals surface area contributed by atoms with E-state index in [1.165, 1.54) is 0 Å². The van der Waals surface area contributed by atoms with Crippen LogP contribution in [0.3, 0.4) is 0 Å². The molecule has 1 unspecified atom stereocenters. The molecule has 1 fully saturated rings. The highest BCUT2D eigenvalue weighted by molar-refractivity contribution is 9.10. The van der Waals surface area contributed by atoms with Crippen molar-refractivity contribution in [2.24, 2.45) is 11.7 Å². The molecule has 2 atom stereocenters. The first-order valence-corrected chi connectivity index (χ1v) is 8.86. The number of halogens is 1. The van der Waals surface area contributed by atoms with Gasteiger partial charge in [0.2, 0.25) is 11.8 Å². The predicted octanol–water partition coefficient (Wildman–Crippen LogP) is 1.45. The zero-order chi connectivity index (χ0) is 17.7. The van der Waals surface area contributed by atoms with Crippen molar-refractivity contribution in [3.05, 3.63) is 34.3 Å². The number of nitrogens with zero attached hydrogens (tertiary/aromatic N) is 1. The Morgan fingerprint density at radius 2 is 2.04 bits per heavy atom. The molecule has 0 saturated carbocycles. The number of rotatable bonds is 5. The van der Waals surface area contributed by atoms with Crippen molar-refractivity contribution < 1.29 is 14.3 Å². The van der Waals surface area contributed by atoms with Crippen LogP contribution in [-0.4, -0.2) is 49.0 Å². The fourth-order valence-electron chi connectivity index (χ4n) is 2.45. The topological polar surface area (TPSA) is 84.7 Å². The number of hydrogen-bond donors (Lipinski definition) is 2. The minimum Gasteiger partial charge on any atom is -0.370 e. The number of ether oxygens (including phenoxy) is 1. The normalized spacial score (nSPS) is 19.2. The van der Waals surface area contributed by atoms with Gasteiger partial charge in [0.1, 0.15) is 6.10 Å². The van der Waals surface area contributed by atoms with E-state index in [2.05, 4.69) is 21.2 Å². The molecule has 1 aromatic rings. The molecule has 0 aromatic heterocycles. The summed E-state index contributed by atoms with van der Waals surface area (Å²) < 4.78 is 6.76. The average Bonchev–Trinajstić information content (AvgIpc) is 2.59. The lowest BCUT2D eigenvalue weighted by atomic mass is 10.1. The molecule has 1 aliphatic heterocycles. The summed E-state index contributed by atoms with van der Waals surface area (Å²) in [6.45, 7) is 5.19.